The third kappa shape index (κ3) is 5.66. The van der Waals surface area contributed by atoms with E-state index < -0.39 is 17.6 Å². The molecule has 1 N–H and O–H groups in total. The predicted octanol–water partition coefficient (Wildman–Crippen LogP) is 5.22. The van der Waals surface area contributed by atoms with Crippen molar-refractivity contribution in [3.63, 3.8) is 0 Å². The molecular formula is C18H11ClF5N3O3. The van der Waals surface area contributed by atoms with Crippen LogP contribution in [0.5, 0.6) is 5.75 Å². The Morgan fingerprint density at radius 1 is 1.03 bits per heavy atom. The van der Waals surface area contributed by atoms with Crippen LogP contribution in [0.25, 0.3) is 11.4 Å². The van der Waals surface area contributed by atoms with Gasteiger partial charge in [-0.3, -0.25) is 4.79 Å². The maximum Gasteiger partial charge on any atom is 0.573 e. The molecule has 0 aliphatic rings. The summed E-state index contributed by atoms with van der Waals surface area (Å²) in [5.41, 5.74) is 1.04. The number of nitrogens with zero attached hydrogens (tertiary/aromatic N) is 2. The van der Waals surface area contributed by atoms with Crippen LogP contribution in [0.3, 0.4) is 0 Å². The first-order chi connectivity index (χ1) is 14.0. The number of ether oxygens (including phenoxy) is 1. The minimum absolute atomic E-state index is 0.122. The molecule has 6 nitrogen and oxygen atoms in total. The summed E-state index contributed by atoms with van der Waals surface area (Å²) in [6, 6.07) is 10.6. The van der Waals surface area contributed by atoms with Crippen LogP contribution < -0.4 is 10.1 Å². The van der Waals surface area contributed by atoms with E-state index in [4.69, 9.17) is 11.6 Å². The van der Waals surface area contributed by atoms with Gasteiger partial charge >= 0.3 is 17.6 Å². The lowest BCUT2D eigenvalue weighted by atomic mass is 10.1. The molecule has 2 aromatic carbocycles. The van der Waals surface area contributed by atoms with Crippen LogP contribution in [0, 0.1) is 0 Å². The Morgan fingerprint density at radius 3 is 2.20 bits per heavy atom. The number of rotatable bonds is 7. The van der Waals surface area contributed by atoms with Gasteiger partial charge in [0.15, 0.2) is 5.78 Å². The predicted molar refractivity (Wildman–Crippen MR) is 95.4 cm³/mol. The summed E-state index contributed by atoms with van der Waals surface area (Å²) in [6.07, 6.45) is -4.79. The maximum atomic E-state index is 12.9. The molecule has 0 aliphatic carbocycles. The van der Waals surface area contributed by atoms with Crippen LogP contribution in [0.1, 0.15) is 16.2 Å². The molecule has 3 rings (SSSR count). The molecule has 0 unspecified atom stereocenters. The van der Waals surface area contributed by atoms with Crippen molar-refractivity contribution < 1.29 is 36.0 Å². The number of hydrogen-bond donors (Lipinski definition) is 1. The van der Waals surface area contributed by atoms with Crippen LogP contribution in [-0.4, -0.2) is 28.8 Å². The molecule has 0 bridgehead atoms. The van der Waals surface area contributed by atoms with Gasteiger partial charge in [-0.25, -0.2) is 0 Å². The summed E-state index contributed by atoms with van der Waals surface area (Å²) < 4.78 is 70.4. The number of halogens is 6. The van der Waals surface area contributed by atoms with Crippen LogP contribution in [-0.2, 0) is 5.38 Å². The molecule has 0 atom stereocenters. The summed E-state index contributed by atoms with van der Waals surface area (Å²) in [7, 11) is 0. The van der Waals surface area contributed by atoms with Gasteiger partial charge in [0.1, 0.15) is 5.75 Å². The minimum atomic E-state index is -4.79. The number of benzene rings is 2. The standard InChI is InChI=1S/C18H11ClF5N3O3/c19-17(20,21)16-26-15(27-30-16)11-3-1-10(2-4-11)14(28)9-25-12-5-7-13(8-6-12)29-18(22,23)24/h1-8,25H,9H2. The number of hydrogen-bond acceptors (Lipinski definition) is 6. The Hall–Kier alpha value is -3.21. The number of carbonyl (C=O) groups is 1. The number of nitrogens with one attached hydrogen (secondary N) is 1. The van der Waals surface area contributed by atoms with Gasteiger partial charge in [0, 0.05) is 16.8 Å². The summed E-state index contributed by atoms with van der Waals surface area (Å²) in [5, 5.41) is 2.39. The van der Waals surface area contributed by atoms with E-state index in [0.717, 1.165) is 12.1 Å². The van der Waals surface area contributed by atoms with Crippen LogP contribution in [0.15, 0.2) is 53.1 Å². The van der Waals surface area contributed by atoms with Gasteiger partial charge in [-0.15, -0.1) is 13.2 Å². The van der Waals surface area contributed by atoms with Gasteiger partial charge in [-0.05, 0) is 35.9 Å². The molecule has 30 heavy (non-hydrogen) atoms. The highest BCUT2D eigenvalue weighted by molar-refractivity contribution is 6.21. The van der Waals surface area contributed by atoms with Crippen molar-refractivity contribution in [1.29, 1.82) is 0 Å². The van der Waals surface area contributed by atoms with Crippen molar-refractivity contribution in [3.8, 4) is 17.1 Å². The van der Waals surface area contributed by atoms with Gasteiger partial charge in [0.25, 0.3) is 0 Å². The fourth-order valence-electron chi connectivity index (χ4n) is 2.32. The number of Topliss-reactive ketones (excluding diaryl/α,β-unsaturated/α-hetero) is 1. The van der Waals surface area contributed by atoms with Crippen molar-refractivity contribution in [2.45, 2.75) is 11.7 Å². The fraction of sp³-hybridized carbons (Fsp3) is 0.167. The highest BCUT2D eigenvalue weighted by Crippen LogP contribution is 2.32. The normalized spacial score (nSPS) is 11.9. The van der Waals surface area contributed by atoms with Gasteiger partial charge in [0.2, 0.25) is 5.82 Å². The van der Waals surface area contributed by atoms with Crippen molar-refractivity contribution in [2.75, 3.05) is 11.9 Å². The minimum Gasteiger partial charge on any atom is -0.406 e. The monoisotopic (exact) mass is 447 g/mol. The second-order valence-electron chi connectivity index (χ2n) is 5.85. The third-order valence-electron chi connectivity index (χ3n) is 3.67. The lowest BCUT2D eigenvalue weighted by Gasteiger charge is -2.10. The van der Waals surface area contributed by atoms with Crippen molar-refractivity contribution in [1.82, 2.24) is 10.1 Å². The largest absolute Gasteiger partial charge is 0.573 e. The quantitative estimate of drug-likeness (QED) is 0.304. The topological polar surface area (TPSA) is 77.2 Å². The Balaban J connectivity index is 1.59. The number of carbonyl (C=O) groups excluding carboxylic acids is 1. The molecule has 0 spiro atoms. The second-order valence-corrected chi connectivity index (χ2v) is 6.32. The first kappa shape index (κ1) is 21.5. The zero-order valence-corrected chi connectivity index (χ0v) is 15.5. The van der Waals surface area contributed by atoms with Crippen LogP contribution in [0.2, 0.25) is 0 Å². The van der Waals surface area contributed by atoms with E-state index >= 15 is 0 Å². The average Bonchev–Trinajstić information content (AvgIpc) is 3.17. The number of ketones is 1. The molecule has 158 valence electrons. The van der Waals surface area contributed by atoms with E-state index in [-0.39, 0.29) is 23.9 Å². The van der Waals surface area contributed by atoms with E-state index in [1.165, 1.54) is 36.4 Å². The van der Waals surface area contributed by atoms with E-state index in [1.54, 1.807) is 0 Å². The highest BCUT2D eigenvalue weighted by Gasteiger charge is 2.35. The molecule has 0 radical (unpaired) electrons. The van der Waals surface area contributed by atoms with E-state index in [2.05, 4.69) is 24.7 Å². The Kier molecular flexibility index (Phi) is 5.92. The first-order valence-electron chi connectivity index (χ1n) is 8.15. The smallest absolute Gasteiger partial charge is 0.406 e. The number of alkyl halides is 6. The number of anilines is 1. The van der Waals surface area contributed by atoms with Crippen LogP contribution >= 0.6 is 11.6 Å². The van der Waals surface area contributed by atoms with Gasteiger partial charge in [0.05, 0.1) is 6.54 Å². The van der Waals surface area contributed by atoms with Gasteiger partial charge < -0.3 is 14.6 Å². The lowest BCUT2D eigenvalue weighted by molar-refractivity contribution is -0.274. The molecule has 1 aromatic heterocycles. The van der Waals surface area contributed by atoms with Crippen molar-refractivity contribution >= 4 is 23.1 Å². The lowest BCUT2D eigenvalue weighted by Crippen LogP contribution is -2.17. The molecular weight excluding hydrogens is 437 g/mol. The van der Waals surface area contributed by atoms with E-state index in [1.807, 2.05) is 0 Å². The zero-order valence-electron chi connectivity index (χ0n) is 14.7. The van der Waals surface area contributed by atoms with E-state index in [9.17, 15) is 26.7 Å². The molecule has 1 heterocycles. The SMILES string of the molecule is O=C(CNc1ccc(OC(F)(F)F)cc1)c1ccc(-c2noc(C(F)(F)Cl)n2)cc1. The molecule has 0 saturated carbocycles. The summed E-state index contributed by atoms with van der Waals surface area (Å²) in [6.45, 7) is -0.135. The Morgan fingerprint density at radius 2 is 1.67 bits per heavy atom. The molecule has 0 aliphatic heterocycles. The first-order valence-corrected chi connectivity index (χ1v) is 8.53. The molecule has 0 amide bonds. The van der Waals surface area contributed by atoms with Gasteiger partial charge in [-0.1, -0.05) is 29.4 Å². The zero-order chi connectivity index (χ0) is 21.9. The van der Waals surface area contributed by atoms with Crippen LogP contribution in [0.4, 0.5) is 27.6 Å². The average molecular weight is 448 g/mol. The summed E-state index contributed by atoms with van der Waals surface area (Å²) in [4.78, 5) is 15.7. The number of aromatic nitrogens is 2. The molecule has 12 heteroatoms. The third-order valence-corrected chi connectivity index (χ3v) is 3.84. The Bertz CT molecular complexity index is 1020. The Labute approximate surface area is 170 Å². The van der Waals surface area contributed by atoms with E-state index in [0.29, 0.717) is 16.8 Å². The highest BCUT2D eigenvalue weighted by atomic mass is 35.5. The molecule has 3 aromatic rings. The van der Waals surface area contributed by atoms with Crippen molar-refractivity contribution in [3.05, 3.63) is 60.0 Å². The fourth-order valence-corrected chi connectivity index (χ4v) is 2.40. The molecule has 0 saturated heterocycles. The molecule has 0 fully saturated rings. The summed E-state index contributed by atoms with van der Waals surface area (Å²) in [5.74, 6) is -1.87. The van der Waals surface area contributed by atoms with Crippen molar-refractivity contribution in [2.24, 2.45) is 0 Å². The van der Waals surface area contributed by atoms with Gasteiger partial charge in [-0.2, -0.15) is 13.8 Å². The summed E-state index contributed by atoms with van der Waals surface area (Å²) >= 11 is 4.81. The second kappa shape index (κ2) is 8.27. The maximum absolute atomic E-state index is 12.9.